The van der Waals surface area contributed by atoms with E-state index in [0.29, 0.717) is 11.1 Å². The molecule has 2 heterocycles. The molecule has 0 aliphatic rings. The van der Waals surface area contributed by atoms with Crippen LogP contribution in [0.1, 0.15) is 0 Å². The van der Waals surface area contributed by atoms with Crippen LogP contribution < -0.4 is 5.73 Å². The minimum Gasteiger partial charge on any atom is -0.368 e. The molecule has 0 saturated heterocycles. The van der Waals surface area contributed by atoms with Crippen molar-refractivity contribution in [3.8, 4) is 10.6 Å². The van der Waals surface area contributed by atoms with Gasteiger partial charge >= 0.3 is 0 Å². The van der Waals surface area contributed by atoms with E-state index in [2.05, 4.69) is 9.97 Å². The predicted molar refractivity (Wildman–Crippen MR) is 67.2 cm³/mol. The van der Waals surface area contributed by atoms with Crippen molar-refractivity contribution in [2.75, 3.05) is 5.73 Å². The number of nitrogens with zero attached hydrogens (tertiary/aromatic N) is 2. The second-order valence-corrected chi connectivity index (χ2v) is 4.49. The van der Waals surface area contributed by atoms with Crippen LogP contribution in [0.5, 0.6) is 0 Å². The minimum absolute atomic E-state index is 0.0889. The molecule has 3 rings (SSSR count). The molecule has 17 heavy (non-hydrogen) atoms. The second-order valence-electron chi connectivity index (χ2n) is 3.54. The van der Waals surface area contributed by atoms with E-state index >= 15 is 0 Å². The van der Waals surface area contributed by atoms with Gasteiger partial charge in [-0.15, -0.1) is 11.3 Å². The fraction of sp³-hybridized carbons (Fsp3) is 0. The van der Waals surface area contributed by atoms with Crippen molar-refractivity contribution in [2.24, 2.45) is 0 Å². The Bertz CT molecular complexity index is 680. The van der Waals surface area contributed by atoms with Crippen molar-refractivity contribution in [3.63, 3.8) is 0 Å². The summed E-state index contributed by atoms with van der Waals surface area (Å²) in [5.41, 5.74) is 6.56. The molecular weight excluding hydrogens is 237 g/mol. The van der Waals surface area contributed by atoms with E-state index < -0.39 is 0 Å². The standard InChI is InChI=1S/C12H8FN3S/c13-8-4-1-3-7-10(8)15-12(14)16-11(7)9-5-2-6-17-9/h1-6H,(H2,14,15,16). The highest BCUT2D eigenvalue weighted by Crippen LogP contribution is 2.30. The average Bonchev–Trinajstić information content (AvgIpc) is 2.83. The molecule has 0 fully saturated rings. The quantitative estimate of drug-likeness (QED) is 0.716. The minimum atomic E-state index is -0.380. The molecule has 0 aliphatic heterocycles. The van der Waals surface area contributed by atoms with E-state index in [4.69, 9.17) is 5.73 Å². The molecule has 3 aromatic rings. The zero-order chi connectivity index (χ0) is 11.8. The molecule has 2 aromatic heterocycles. The maximum absolute atomic E-state index is 13.6. The number of nitrogens with two attached hydrogens (primary N) is 1. The third-order valence-corrected chi connectivity index (χ3v) is 3.33. The number of halogens is 1. The maximum Gasteiger partial charge on any atom is 0.221 e. The highest BCUT2D eigenvalue weighted by molar-refractivity contribution is 7.13. The number of aromatic nitrogens is 2. The van der Waals surface area contributed by atoms with Crippen molar-refractivity contribution >= 4 is 28.2 Å². The van der Waals surface area contributed by atoms with Crippen molar-refractivity contribution in [1.82, 2.24) is 9.97 Å². The SMILES string of the molecule is Nc1nc(-c2cccs2)c2cccc(F)c2n1. The van der Waals surface area contributed by atoms with E-state index in [0.717, 1.165) is 4.88 Å². The fourth-order valence-corrected chi connectivity index (χ4v) is 2.46. The Morgan fingerprint density at radius 1 is 1.12 bits per heavy atom. The van der Waals surface area contributed by atoms with Gasteiger partial charge in [0.25, 0.3) is 0 Å². The first-order valence-corrected chi connectivity index (χ1v) is 5.89. The summed E-state index contributed by atoms with van der Waals surface area (Å²) in [6, 6.07) is 8.66. The van der Waals surface area contributed by atoms with E-state index in [1.807, 2.05) is 17.5 Å². The molecule has 0 amide bonds. The molecule has 0 spiro atoms. The van der Waals surface area contributed by atoms with Crippen LogP contribution in [0.15, 0.2) is 35.7 Å². The van der Waals surface area contributed by atoms with Crippen LogP contribution in [0.3, 0.4) is 0 Å². The lowest BCUT2D eigenvalue weighted by Crippen LogP contribution is -1.98. The number of hydrogen-bond donors (Lipinski definition) is 1. The van der Waals surface area contributed by atoms with Crippen LogP contribution in [0.25, 0.3) is 21.5 Å². The Morgan fingerprint density at radius 3 is 2.76 bits per heavy atom. The van der Waals surface area contributed by atoms with Crippen LogP contribution >= 0.6 is 11.3 Å². The first-order chi connectivity index (χ1) is 8.25. The molecule has 84 valence electrons. The summed E-state index contributed by atoms with van der Waals surface area (Å²) in [5, 5.41) is 2.63. The molecule has 1 aromatic carbocycles. The van der Waals surface area contributed by atoms with Gasteiger partial charge in [0.05, 0.1) is 10.6 Å². The number of fused-ring (bicyclic) bond motifs is 1. The zero-order valence-corrected chi connectivity index (χ0v) is 9.54. The lowest BCUT2D eigenvalue weighted by atomic mass is 10.1. The molecule has 0 aliphatic carbocycles. The first kappa shape index (κ1) is 10.2. The Labute approximate surface area is 101 Å². The Kier molecular flexibility index (Phi) is 2.26. The van der Waals surface area contributed by atoms with Gasteiger partial charge in [-0.05, 0) is 17.5 Å². The molecular formula is C12H8FN3S. The maximum atomic E-state index is 13.6. The molecule has 0 atom stereocenters. The summed E-state index contributed by atoms with van der Waals surface area (Å²) in [5.74, 6) is -0.291. The van der Waals surface area contributed by atoms with Gasteiger partial charge in [-0.2, -0.15) is 0 Å². The molecule has 3 nitrogen and oxygen atoms in total. The molecule has 0 saturated carbocycles. The van der Waals surface area contributed by atoms with Gasteiger partial charge in [0, 0.05) is 5.39 Å². The van der Waals surface area contributed by atoms with Crippen molar-refractivity contribution in [2.45, 2.75) is 0 Å². The van der Waals surface area contributed by atoms with Gasteiger partial charge in [-0.25, -0.2) is 14.4 Å². The van der Waals surface area contributed by atoms with Gasteiger partial charge in [0.15, 0.2) is 0 Å². The highest BCUT2D eigenvalue weighted by atomic mass is 32.1. The Morgan fingerprint density at radius 2 is 2.00 bits per heavy atom. The number of para-hydroxylation sites is 1. The van der Waals surface area contributed by atoms with Gasteiger partial charge in [-0.3, -0.25) is 0 Å². The molecule has 0 radical (unpaired) electrons. The van der Waals surface area contributed by atoms with Crippen molar-refractivity contribution in [3.05, 3.63) is 41.5 Å². The number of hydrogen-bond acceptors (Lipinski definition) is 4. The van der Waals surface area contributed by atoms with Gasteiger partial charge in [0.2, 0.25) is 5.95 Å². The predicted octanol–water partition coefficient (Wildman–Crippen LogP) is 3.08. The van der Waals surface area contributed by atoms with Crippen LogP contribution in [0.2, 0.25) is 0 Å². The number of anilines is 1. The zero-order valence-electron chi connectivity index (χ0n) is 8.72. The van der Waals surface area contributed by atoms with Gasteiger partial charge < -0.3 is 5.73 Å². The summed E-state index contributed by atoms with van der Waals surface area (Å²) in [4.78, 5) is 9.09. The van der Waals surface area contributed by atoms with E-state index in [1.54, 1.807) is 12.1 Å². The monoisotopic (exact) mass is 245 g/mol. The fourth-order valence-electron chi connectivity index (χ4n) is 1.74. The molecule has 0 bridgehead atoms. The average molecular weight is 245 g/mol. The Balaban J connectivity index is 2.42. The van der Waals surface area contributed by atoms with Gasteiger partial charge in [-0.1, -0.05) is 18.2 Å². The summed E-state index contributed by atoms with van der Waals surface area (Å²) >= 11 is 1.54. The third-order valence-electron chi connectivity index (χ3n) is 2.45. The van der Waals surface area contributed by atoms with Crippen molar-refractivity contribution in [1.29, 1.82) is 0 Å². The largest absolute Gasteiger partial charge is 0.368 e. The summed E-state index contributed by atoms with van der Waals surface area (Å²) in [6.45, 7) is 0. The number of thiophene rings is 1. The second kappa shape index (κ2) is 3.78. The highest BCUT2D eigenvalue weighted by Gasteiger charge is 2.11. The van der Waals surface area contributed by atoms with Gasteiger partial charge in [0.1, 0.15) is 11.3 Å². The van der Waals surface area contributed by atoms with Crippen LogP contribution in [-0.4, -0.2) is 9.97 Å². The van der Waals surface area contributed by atoms with Crippen LogP contribution in [-0.2, 0) is 0 Å². The van der Waals surface area contributed by atoms with Crippen LogP contribution in [0.4, 0.5) is 10.3 Å². The molecule has 0 unspecified atom stereocenters. The number of nitrogen functional groups attached to an aromatic ring is 1. The lowest BCUT2D eigenvalue weighted by Gasteiger charge is -2.05. The van der Waals surface area contributed by atoms with E-state index in [1.165, 1.54) is 17.4 Å². The summed E-state index contributed by atoms with van der Waals surface area (Å²) in [6.07, 6.45) is 0. The Hall–Kier alpha value is -2.01. The number of rotatable bonds is 1. The van der Waals surface area contributed by atoms with Crippen molar-refractivity contribution < 1.29 is 4.39 Å². The smallest absolute Gasteiger partial charge is 0.221 e. The van der Waals surface area contributed by atoms with E-state index in [-0.39, 0.29) is 17.3 Å². The summed E-state index contributed by atoms with van der Waals surface area (Å²) < 4.78 is 13.6. The topological polar surface area (TPSA) is 51.8 Å². The number of benzene rings is 1. The van der Waals surface area contributed by atoms with E-state index in [9.17, 15) is 4.39 Å². The lowest BCUT2D eigenvalue weighted by molar-refractivity contribution is 0.637. The first-order valence-electron chi connectivity index (χ1n) is 5.01. The normalized spacial score (nSPS) is 10.9. The molecule has 5 heteroatoms. The summed E-state index contributed by atoms with van der Waals surface area (Å²) in [7, 11) is 0. The van der Waals surface area contributed by atoms with Crippen LogP contribution in [0, 0.1) is 5.82 Å². The molecule has 2 N–H and O–H groups in total. The third kappa shape index (κ3) is 1.64.